The zero-order valence-electron chi connectivity index (χ0n) is 24.5. The number of carbonyl (C=O) groups is 2. The van der Waals surface area contributed by atoms with Crippen molar-refractivity contribution < 1.29 is 28.9 Å². The van der Waals surface area contributed by atoms with Crippen molar-refractivity contribution >= 4 is 12.4 Å². The third kappa shape index (κ3) is 23.0. The zero-order chi connectivity index (χ0) is 28.4. The average molecular weight is 509 g/mol. The molecule has 0 bridgehead atoms. The van der Waals surface area contributed by atoms with Crippen molar-refractivity contribution in [3.8, 4) is 11.5 Å². The summed E-state index contributed by atoms with van der Waals surface area (Å²) in [7, 11) is 1.72. The Balaban J connectivity index is -0.000000930. The molecule has 6 heteroatoms. The van der Waals surface area contributed by atoms with E-state index in [4.69, 9.17) is 19.4 Å². The van der Waals surface area contributed by atoms with Crippen LogP contribution in [0.2, 0.25) is 0 Å². The minimum atomic E-state index is -0.833. The monoisotopic (exact) mass is 508 g/mol. The maximum atomic E-state index is 10.1. The second-order valence-corrected chi connectivity index (χ2v) is 8.25. The molecule has 0 saturated heterocycles. The van der Waals surface area contributed by atoms with Gasteiger partial charge in [-0.25, -0.2) is 0 Å². The van der Waals surface area contributed by atoms with E-state index in [0.29, 0.717) is 32.0 Å². The van der Waals surface area contributed by atoms with Crippen molar-refractivity contribution in [2.75, 3.05) is 20.3 Å². The van der Waals surface area contributed by atoms with Crippen LogP contribution in [0.1, 0.15) is 92.2 Å². The lowest BCUT2D eigenvalue weighted by Crippen LogP contribution is -2.01. The second-order valence-electron chi connectivity index (χ2n) is 8.25. The van der Waals surface area contributed by atoms with E-state index in [1.807, 2.05) is 52.0 Å². The van der Waals surface area contributed by atoms with E-state index >= 15 is 0 Å². The van der Waals surface area contributed by atoms with Gasteiger partial charge in [0.15, 0.2) is 0 Å². The number of rotatable bonds is 13. The molecule has 1 rings (SSSR count). The number of hydrogen-bond acceptors (Lipinski definition) is 5. The number of carboxylic acid groups (broad SMARTS) is 1. The van der Waals surface area contributed by atoms with Gasteiger partial charge in [-0.3, -0.25) is 9.59 Å². The molecule has 0 spiro atoms. The summed E-state index contributed by atoms with van der Waals surface area (Å²) in [6.45, 7) is 19.3. The van der Waals surface area contributed by atoms with E-state index in [0.717, 1.165) is 42.4 Å². The molecular formula is C30H52O6. The van der Waals surface area contributed by atoms with Gasteiger partial charge in [0, 0.05) is 18.9 Å². The lowest BCUT2D eigenvalue weighted by Gasteiger charge is -2.16. The first kappa shape index (κ1) is 37.8. The fraction of sp³-hybridized carbons (Fsp3) is 0.600. The molecule has 0 aromatic heterocycles. The van der Waals surface area contributed by atoms with Crippen LogP contribution in [0.4, 0.5) is 0 Å². The summed E-state index contributed by atoms with van der Waals surface area (Å²) in [6, 6.07) is 4.13. The fourth-order valence-electron chi connectivity index (χ4n) is 2.65. The Morgan fingerprint density at radius 3 is 2.17 bits per heavy atom. The number of aliphatic carboxylic acids is 1. The summed E-state index contributed by atoms with van der Waals surface area (Å²) >= 11 is 0. The van der Waals surface area contributed by atoms with Crippen molar-refractivity contribution in [3.63, 3.8) is 0 Å². The van der Waals surface area contributed by atoms with E-state index in [-0.39, 0.29) is 0 Å². The summed E-state index contributed by atoms with van der Waals surface area (Å²) in [6.07, 6.45) is 11.5. The smallest absolute Gasteiger partial charge is 0.300 e. The molecule has 6 nitrogen and oxygen atoms in total. The van der Waals surface area contributed by atoms with Crippen molar-refractivity contribution in [1.82, 2.24) is 0 Å². The number of benzene rings is 1. The first-order valence-corrected chi connectivity index (χ1v) is 13.0. The van der Waals surface area contributed by atoms with E-state index in [9.17, 15) is 4.79 Å². The molecular weight excluding hydrogens is 456 g/mol. The highest BCUT2D eigenvalue weighted by molar-refractivity contribution is 5.63. The van der Waals surface area contributed by atoms with E-state index in [1.54, 1.807) is 7.11 Å². The van der Waals surface area contributed by atoms with Gasteiger partial charge < -0.3 is 19.3 Å². The summed E-state index contributed by atoms with van der Waals surface area (Å²) in [4.78, 5) is 19.1. The molecule has 0 atom stereocenters. The van der Waals surface area contributed by atoms with Gasteiger partial charge in [0.25, 0.3) is 12.4 Å². The van der Waals surface area contributed by atoms with Crippen molar-refractivity contribution in [2.24, 2.45) is 5.92 Å². The molecule has 0 radical (unpaired) electrons. The zero-order valence-corrected chi connectivity index (χ0v) is 24.5. The van der Waals surface area contributed by atoms with Gasteiger partial charge in [0.2, 0.25) is 0 Å². The topological polar surface area (TPSA) is 82.1 Å². The van der Waals surface area contributed by atoms with E-state index < -0.39 is 5.97 Å². The maximum Gasteiger partial charge on any atom is 0.300 e. The lowest BCUT2D eigenvalue weighted by molar-refractivity contribution is -0.134. The fourth-order valence-corrected chi connectivity index (χ4v) is 2.65. The van der Waals surface area contributed by atoms with Crippen LogP contribution in [0.25, 0.3) is 0 Å². The third-order valence-corrected chi connectivity index (χ3v) is 4.62. The number of allylic oxidation sites excluding steroid dienone is 2. The summed E-state index contributed by atoms with van der Waals surface area (Å²) in [5.41, 5.74) is 3.39. The summed E-state index contributed by atoms with van der Waals surface area (Å²) in [5, 5.41) is 7.42. The molecule has 1 N–H and O–H groups in total. The third-order valence-electron chi connectivity index (χ3n) is 4.62. The van der Waals surface area contributed by atoms with Gasteiger partial charge in [-0.05, 0) is 50.3 Å². The Labute approximate surface area is 220 Å². The minimum absolute atomic E-state index is 0.410. The maximum absolute atomic E-state index is 10.1. The predicted molar refractivity (Wildman–Crippen MR) is 151 cm³/mol. The van der Waals surface area contributed by atoms with E-state index in [1.165, 1.54) is 18.4 Å². The predicted octanol–water partition coefficient (Wildman–Crippen LogP) is 7.96. The number of carboxylic acids is 1. The van der Waals surface area contributed by atoms with Crippen LogP contribution in [-0.2, 0) is 20.7 Å². The highest BCUT2D eigenvalue weighted by atomic mass is 16.5. The van der Waals surface area contributed by atoms with Crippen molar-refractivity contribution in [1.29, 1.82) is 0 Å². The number of ether oxygens (including phenoxy) is 3. The Bertz CT molecular complexity index is 729. The van der Waals surface area contributed by atoms with Crippen LogP contribution in [0, 0.1) is 12.8 Å². The number of hydrogen-bond donors (Lipinski definition) is 1. The molecule has 0 unspecified atom stereocenters. The molecule has 0 aliphatic carbocycles. The number of methoxy groups -OCH3 is 1. The van der Waals surface area contributed by atoms with Gasteiger partial charge in [0.05, 0.1) is 13.7 Å². The van der Waals surface area contributed by atoms with Crippen LogP contribution in [0.3, 0.4) is 0 Å². The van der Waals surface area contributed by atoms with Gasteiger partial charge >= 0.3 is 0 Å². The minimum Gasteiger partial charge on any atom is -0.496 e. The molecule has 0 fully saturated rings. The Kier molecular flexibility index (Phi) is 28.2. The lowest BCUT2D eigenvalue weighted by atomic mass is 9.99. The van der Waals surface area contributed by atoms with Crippen LogP contribution in [-0.4, -0.2) is 37.9 Å². The molecule has 0 amide bonds. The first-order chi connectivity index (χ1) is 17.1. The normalized spacial score (nSPS) is 10.2. The molecule has 0 heterocycles. The largest absolute Gasteiger partial charge is 0.496 e. The molecule has 1 aromatic carbocycles. The molecule has 36 heavy (non-hydrogen) atoms. The quantitative estimate of drug-likeness (QED) is 0.165. The van der Waals surface area contributed by atoms with Crippen LogP contribution in [0.15, 0.2) is 35.9 Å². The molecule has 0 aliphatic heterocycles. The Morgan fingerprint density at radius 1 is 1.11 bits per heavy atom. The van der Waals surface area contributed by atoms with Gasteiger partial charge in [-0.1, -0.05) is 78.2 Å². The van der Waals surface area contributed by atoms with Gasteiger partial charge in [-0.15, -0.1) is 0 Å². The highest BCUT2D eigenvalue weighted by Gasteiger charge is 2.11. The van der Waals surface area contributed by atoms with Crippen molar-refractivity contribution in [3.05, 3.63) is 47.1 Å². The number of aryl methyl sites for hydroxylation is 1. The van der Waals surface area contributed by atoms with Gasteiger partial charge in [0.1, 0.15) is 18.1 Å². The molecule has 0 aliphatic rings. The van der Waals surface area contributed by atoms with Crippen molar-refractivity contribution in [2.45, 2.75) is 94.4 Å². The van der Waals surface area contributed by atoms with Crippen LogP contribution < -0.4 is 9.47 Å². The van der Waals surface area contributed by atoms with E-state index in [2.05, 4.69) is 38.5 Å². The molecule has 1 aromatic rings. The standard InChI is InChI=1S/C22H32O4.C4H10.C2H4O2.C2H6/c1-17(2)10-11-20-12-13-21(19(4)22(20)24-5)26-15-7-9-18(3)8-6-14-25-16-23;1-3-4-2;1-2(3)4;1-2/h7-9,12-13,16-17H,6,10-11,14-15H2,1-5H3;3-4H2,1-2H3;1H3,(H,3,4);1-2H3/b9-7-,18-8-;;;. The summed E-state index contributed by atoms with van der Waals surface area (Å²) in [5.74, 6) is 1.61. The summed E-state index contributed by atoms with van der Waals surface area (Å²) < 4.78 is 16.2. The van der Waals surface area contributed by atoms with Crippen LogP contribution in [0.5, 0.6) is 11.5 Å². The SMILES string of the molecule is CC.CC(=O)O.CCCC.COc1c(CCC(C)C)ccc(OC/C=C\C(C)=C/CCOC=O)c1C. The first-order valence-electron chi connectivity index (χ1n) is 13.0. The molecule has 0 saturated carbocycles. The Hall–Kier alpha value is -2.76. The second kappa shape index (κ2) is 26.8. The highest BCUT2D eigenvalue weighted by Crippen LogP contribution is 2.32. The van der Waals surface area contributed by atoms with Gasteiger partial charge in [-0.2, -0.15) is 0 Å². The molecule has 208 valence electrons. The average Bonchev–Trinajstić information content (AvgIpc) is 2.85. The van der Waals surface area contributed by atoms with Crippen LogP contribution >= 0.6 is 0 Å². The Morgan fingerprint density at radius 2 is 1.69 bits per heavy atom. The number of unbranched alkanes of at least 4 members (excludes halogenated alkanes) is 1. The number of carbonyl (C=O) groups excluding carboxylic acids is 1.